The van der Waals surface area contributed by atoms with Gasteiger partial charge in [-0.3, -0.25) is 14.4 Å². The van der Waals surface area contributed by atoms with Crippen LogP contribution in [0.3, 0.4) is 0 Å². The average molecular weight is 266 g/mol. The summed E-state index contributed by atoms with van der Waals surface area (Å²) in [5.41, 5.74) is 0.643. The van der Waals surface area contributed by atoms with Crippen molar-refractivity contribution in [3.63, 3.8) is 0 Å². The summed E-state index contributed by atoms with van der Waals surface area (Å²) in [6.07, 6.45) is 4.14. The van der Waals surface area contributed by atoms with E-state index < -0.39 is 23.3 Å². The Bertz CT molecular complexity index is 688. The Balaban J connectivity index is 1.87. The molecule has 1 aliphatic carbocycles. The minimum atomic E-state index is -1.25. The number of hydrogen-bond donors (Lipinski definition) is 0. The van der Waals surface area contributed by atoms with E-state index in [1.54, 1.807) is 36.4 Å². The van der Waals surface area contributed by atoms with Gasteiger partial charge in [-0.15, -0.1) is 0 Å². The van der Waals surface area contributed by atoms with Gasteiger partial charge in [-0.25, -0.2) is 0 Å². The third-order valence-corrected chi connectivity index (χ3v) is 3.22. The summed E-state index contributed by atoms with van der Waals surface area (Å²) in [5.74, 6) is -2.14. The summed E-state index contributed by atoms with van der Waals surface area (Å²) in [5, 5.41) is 0. The van der Waals surface area contributed by atoms with E-state index in [9.17, 15) is 14.4 Å². The molecule has 1 aromatic carbocycles. The molecule has 0 spiro atoms. The molecular formula is C16H10O4. The Kier molecular flexibility index (Phi) is 2.91. The van der Waals surface area contributed by atoms with E-state index in [1.807, 2.05) is 0 Å². The minimum Gasteiger partial charge on any atom is -0.465 e. The molecule has 0 atom stereocenters. The van der Waals surface area contributed by atoms with Crippen molar-refractivity contribution >= 4 is 23.4 Å². The van der Waals surface area contributed by atoms with Crippen LogP contribution >= 0.6 is 0 Å². The molecule has 4 heteroatoms. The zero-order chi connectivity index (χ0) is 14.1. The topological polar surface area (TPSA) is 64.3 Å². The maximum atomic E-state index is 12.1. The lowest BCUT2D eigenvalue weighted by molar-refractivity contribution is -0.115. The van der Waals surface area contributed by atoms with E-state index in [0.717, 1.165) is 0 Å². The second-order valence-corrected chi connectivity index (χ2v) is 4.46. The smallest absolute Gasteiger partial charge is 0.182 e. The van der Waals surface area contributed by atoms with Crippen LogP contribution in [0.1, 0.15) is 26.5 Å². The molecule has 0 fully saturated rings. The number of hydrogen-bond acceptors (Lipinski definition) is 4. The fourth-order valence-electron chi connectivity index (χ4n) is 2.25. The molecule has 20 heavy (non-hydrogen) atoms. The van der Waals surface area contributed by atoms with Crippen LogP contribution in [0.15, 0.2) is 53.2 Å². The van der Waals surface area contributed by atoms with Gasteiger partial charge >= 0.3 is 0 Å². The second-order valence-electron chi connectivity index (χ2n) is 4.46. The zero-order valence-electron chi connectivity index (χ0n) is 10.4. The van der Waals surface area contributed by atoms with Crippen LogP contribution < -0.4 is 0 Å². The predicted octanol–water partition coefficient (Wildman–Crippen LogP) is 2.56. The average Bonchev–Trinajstić information content (AvgIpc) is 3.05. The first-order valence-electron chi connectivity index (χ1n) is 6.11. The van der Waals surface area contributed by atoms with Gasteiger partial charge in [0.15, 0.2) is 17.3 Å². The van der Waals surface area contributed by atoms with Crippen LogP contribution in [0.2, 0.25) is 0 Å². The summed E-state index contributed by atoms with van der Waals surface area (Å²) in [6, 6.07) is 9.85. The number of allylic oxidation sites excluding steroid dienone is 1. The van der Waals surface area contributed by atoms with Gasteiger partial charge in [0.25, 0.3) is 0 Å². The lowest BCUT2D eigenvalue weighted by Gasteiger charge is -2.00. The third kappa shape index (κ3) is 1.91. The molecule has 1 aliphatic rings. The predicted molar refractivity (Wildman–Crippen MR) is 71.3 cm³/mol. The Morgan fingerprint density at radius 1 is 1.00 bits per heavy atom. The van der Waals surface area contributed by atoms with Crippen LogP contribution in [-0.2, 0) is 4.79 Å². The summed E-state index contributed by atoms with van der Waals surface area (Å²) in [4.78, 5) is 36.3. The van der Waals surface area contributed by atoms with Crippen molar-refractivity contribution in [3.8, 4) is 0 Å². The fraction of sp³-hybridized carbons (Fsp3) is 0.0625. The third-order valence-electron chi connectivity index (χ3n) is 3.22. The molecule has 0 N–H and O–H groups in total. The number of fused-ring (bicyclic) bond motifs is 1. The van der Waals surface area contributed by atoms with E-state index in [0.29, 0.717) is 16.9 Å². The van der Waals surface area contributed by atoms with Crippen molar-refractivity contribution in [1.82, 2.24) is 0 Å². The van der Waals surface area contributed by atoms with Crippen molar-refractivity contribution in [2.75, 3.05) is 0 Å². The van der Waals surface area contributed by atoms with Crippen LogP contribution in [0.5, 0.6) is 0 Å². The van der Waals surface area contributed by atoms with Gasteiger partial charge in [-0.1, -0.05) is 24.3 Å². The first-order chi connectivity index (χ1) is 9.68. The first kappa shape index (κ1) is 12.3. The lowest BCUT2D eigenvalue weighted by Crippen LogP contribution is -2.23. The van der Waals surface area contributed by atoms with Gasteiger partial charge in [0.1, 0.15) is 11.7 Å². The summed E-state index contributed by atoms with van der Waals surface area (Å²) >= 11 is 0. The normalized spacial score (nSPS) is 15.0. The summed E-state index contributed by atoms with van der Waals surface area (Å²) in [6.45, 7) is 0. The van der Waals surface area contributed by atoms with Gasteiger partial charge in [0, 0.05) is 11.1 Å². The van der Waals surface area contributed by atoms with Gasteiger partial charge in [-0.05, 0) is 24.3 Å². The maximum Gasteiger partial charge on any atom is 0.182 e. The van der Waals surface area contributed by atoms with Gasteiger partial charge < -0.3 is 4.42 Å². The van der Waals surface area contributed by atoms with E-state index in [4.69, 9.17) is 4.42 Å². The van der Waals surface area contributed by atoms with Crippen LogP contribution in [0.4, 0.5) is 0 Å². The first-order valence-corrected chi connectivity index (χ1v) is 6.11. The van der Waals surface area contributed by atoms with E-state index in [1.165, 1.54) is 18.4 Å². The van der Waals surface area contributed by atoms with Crippen molar-refractivity contribution in [3.05, 3.63) is 65.6 Å². The molecule has 0 bridgehead atoms. The van der Waals surface area contributed by atoms with Gasteiger partial charge in [-0.2, -0.15) is 0 Å². The highest BCUT2D eigenvalue weighted by molar-refractivity contribution is 6.37. The molecule has 4 nitrogen and oxygen atoms in total. The monoisotopic (exact) mass is 266 g/mol. The number of ketones is 3. The molecule has 1 heterocycles. The Labute approximate surface area is 114 Å². The number of rotatable bonds is 3. The molecule has 0 saturated heterocycles. The van der Waals surface area contributed by atoms with Crippen molar-refractivity contribution < 1.29 is 18.8 Å². The molecule has 0 amide bonds. The number of carbonyl (C=O) groups excluding carboxylic acids is 3. The van der Waals surface area contributed by atoms with E-state index in [-0.39, 0.29) is 0 Å². The van der Waals surface area contributed by atoms with Crippen LogP contribution in [0, 0.1) is 5.92 Å². The molecule has 0 saturated carbocycles. The van der Waals surface area contributed by atoms with Gasteiger partial charge in [0.2, 0.25) is 0 Å². The zero-order valence-corrected chi connectivity index (χ0v) is 10.4. The molecule has 98 valence electrons. The Morgan fingerprint density at radius 3 is 2.20 bits per heavy atom. The highest BCUT2D eigenvalue weighted by Crippen LogP contribution is 2.27. The number of furan rings is 1. The van der Waals surface area contributed by atoms with Crippen LogP contribution in [-0.4, -0.2) is 17.3 Å². The highest BCUT2D eigenvalue weighted by atomic mass is 16.3. The molecular weight excluding hydrogens is 256 g/mol. The van der Waals surface area contributed by atoms with Crippen LogP contribution in [0.25, 0.3) is 6.08 Å². The Hall–Kier alpha value is -2.75. The molecule has 0 radical (unpaired) electrons. The van der Waals surface area contributed by atoms with Crippen molar-refractivity contribution in [2.45, 2.75) is 0 Å². The standard InChI is InChI=1S/C16H10O4/c17-13(8-7-10-4-3-9-20-10)14-15(18)11-5-1-2-6-12(11)16(14)19/h1-9,14H/b8-7+. The summed E-state index contributed by atoms with van der Waals surface area (Å²) in [7, 11) is 0. The van der Waals surface area contributed by atoms with E-state index in [2.05, 4.69) is 0 Å². The lowest BCUT2D eigenvalue weighted by atomic mass is 9.98. The second kappa shape index (κ2) is 4.74. The largest absolute Gasteiger partial charge is 0.465 e. The van der Waals surface area contributed by atoms with E-state index >= 15 is 0 Å². The fourth-order valence-corrected chi connectivity index (χ4v) is 2.25. The van der Waals surface area contributed by atoms with Crippen molar-refractivity contribution in [2.24, 2.45) is 5.92 Å². The SMILES string of the molecule is O=C(/C=C/c1ccco1)C1C(=O)c2ccccc2C1=O. The number of benzene rings is 1. The molecule has 0 unspecified atom stereocenters. The molecule has 2 aromatic rings. The molecule has 1 aromatic heterocycles. The molecule has 3 rings (SSSR count). The number of Topliss-reactive ketones (excluding diaryl/α,β-unsaturated/α-hetero) is 2. The Morgan fingerprint density at radius 2 is 1.65 bits per heavy atom. The number of carbonyl (C=O) groups is 3. The van der Waals surface area contributed by atoms with Crippen molar-refractivity contribution in [1.29, 1.82) is 0 Å². The maximum absolute atomic E-state index is 12.1. The quantitative estimate of drug-likeness (QED) is 0.632. The highest BCUT2D eigenvalue weighted by Gasteiger charge is 2.41. The molecule has 0 aliphatic heterocycles. The minimum absolute atomic E-state index is 0.322. The summed E-state index contributed by atoms with van der Waals surface area (Å²) < 4.78 is 5.05. The van der Waals surface area contributed by atoms with Gasteiger partial charge in [0.05, 0.1) is 6.26 Å².